The van der Waals surface area contributed by atoms with Crippen molar-refractivity contribution in [2.24, 2.45) is 35.0 Å². The number of hydrogen-bond acceptors (Lipinski definition) is 2. The molecule has 4 nitrogen and oxygen atoms in total. The molecule has 6 aliphatic carbocycles. The van der Waals surface area contributed by atoms with Crippen molar-refractivity contribution in [2.75, 3.05) is 27.2 Å². The third-order valence-corrected chi connectivity index (χ3v) is 9.22. The summed E-state index contributed by atoms with van der Waals surface area (Å²) in [6.07, 6.45) is 16.8. The standard InChI is InChI=1S/C26H40N2O2/c1-27(24(29)23-13-18-5-3-6-19(9-18)14-23)7-4-8-28(2)25(30)26-15-20-10-21(16-26)12-22(11-20)17-26/h13,18-22H,3-12,14-17H2,1-2H3. The molecule has 0 radical (unpaired) electrons. The SMILES string of the molecule is CN(CCCN(C)C(=O)C12CC3CC(CC(C3)C1)C2)C(=O)C1=CC2CCCC(C1)C2. The second-order valence-electron chi connectivity index (χ2n) is 11.7. The zero-order valence-corrected chi connectivity index (χ0v) is 19.1. The van der Waals surface area contributed by atoms with Gasteiger partial charge in [0, 0.05) is 32.8 Å². The van der Waals surface area contributed by atoms with Crippen molar-refractivity contribution >= 4 is 11.8 Å². The van der Waals surface area contributed by atoms with E-state index in [1.165, 1.54) is 44.9 Å². The first-order chi connectivity index (χ1) is 14.4. The molecule has 6 aliphatic rings. The van der Waals surface area contributed by atoms with Crippen molar-refractivity contribution in [3.05, 3.63) is 11.6 Å². The van der Waals surface area contributed by atoms with Crippen LogP contribution in [0.3, 0.4) is 0 Å². The number of rotatable bonds is 6. The third kappa shape index (κ3) is 3.84. The summed E-state index contributed by atoms with van der Waals surface area (Å²) in [7, 11) is 3.93. The Morgan fingerprint density at radius 2 is 1.53 bits per heavy atom. The van der Waals surface area contributed by atoms with Crippen LogP contribution in [0.4, 0.5) is 0 Å². The monoisotopic (exact) mass is 412 g/mol. The smallest absolute Gasteiger partial charge is 0.249 e. The van der Waals surface area contributed by atoms with E-state index in [1.54, 1.807) is 0 Å². The Labute approximate surface area is 182 Å². The van der Waals surface area contributed by atoms with Gasteiger partial charge in [0.1, 0.15) is 0 Å². The van der Waals surface area contributed by atoms with Gasteiger partial charge in [-0.15, -0.1) is 0 Å². The molecule has 30 heavy (non-hydrogen) atoms. The lowest BCUT2D eigenvalue weighted by Gasteiger charge is -2.56. The molecule has 5 fully saturated rings. The van der Waals surface area contributed by atoms with E-state index in [0.717, 1.165) is 74.4 Å². The minimum atomic E-state index is -0.0457. The van der Waals surface area contributed by atoms with Crippen molar-refractivity contribution in [3.63, 3.8) is 0 Å². The Hall–Kier alpha value is -1.32. The lowest BCUT2D eigenvalue weighted by molar-refractivity contribution is -0.156. The second kappa shape index (κ2) is 7.98. The number of fused-ring (bicyclic) bond motifs is 2. The van der Waals surface area contributed by atoms with Crippen LogP contribution in [-0.2, 0) is 9.59 Å². The fourth-order valence-corrected chi connectivity index (χ4v) is 8.26. The van der Waals surface area contributed by atoms with Crippen molar-refractivity contribution in [1.29, 1.82) is 0 Å². The largest absolute Gasteiger partial charge is 0.345 e. The number of carbonyl (C=O) groups is 2. The zero-order chi connectivity index (χ0) is 20.9. The average Bonchev–Trinajstić information content (AvgIpc) is 2.71. The molecule has 0 N–H and O–H groups in total. The predicted molar refractivity (Wildman–Crippen MR) is 119 cm³/mol. The van der Waals surface area contributed by atoms with Crippen LogP contribution in [0, 0.1) is 35.0 Å². The molecule has 2 unspecified atom stereocenters. The second-order valence-corrected chi connectivity index (χ2v) is 11.7. The van der Waals surface area contributed by atoms with Crippen LogP contribution >= 0.6 is 0 Å². The van der Waals surface area contributed by atoms with E-state index in [2.05, 4.69) is 6.08 Å². The van der Waals surface area contributed by atoms with Gasteiger partial charge < -0.3 is 9.80 Å². The topological polar surface area (TPSA) is 40.6 Å². The fraction of sp³-hybridized carbons (Fsp3) is 0.846. The maximum Gasteiger partial charge on any atom is 0.249 e. The fourth-order valence-electron chi connectivity index (χ4n) is 8.26. The van der Waals surface area contributed by atoms with Gasteiger partial charge in [-0.05, 0) is 93.8 Å². The Morgan fingerprint density at radius 3 is 2.17 bits per heavy atom. The molecule has 5 saturated carbocycles. The predicted octanol–water partition coefficient (Wildman–Crippen LogP) is 4.65. The minimum absolute atomic E-state index is 0.0457. The van der Waals surface area contributed by atoms with Gasteiger partial charge in [0.15, 0.2) is 0 Å². The van der Waals surface area contributed by atoms with Crippen molar-refractivity contribution in [2.45, 2.75) is 77.0 Å². The van der Waals surface area contributed by atoms with E-state index in [9.17, 15) is 9.59 Å². The molecule has 0 spiro atoms. The van der Waals surface area contributed by atoms with Gasteiger partial charge in [0.2, 0.25) is 11.8 Å². The van der Waals surface area contributed by atoms with Crippen molar-refractivity contribution in [1.82, 2.24) is 9.80 Å². The zero-order valence-electron chi connectivity index (χ0n) is 19.1. The molecule has 6 bridgehead atoms. The summed E-state index contributed by atoms with van der Waals surface area (Å²) in [6.45, 7) is 1.51. The lowest BCUT2D eigenvalue weighted by Crippen LogP contribution is -2.54. The molecule has 0 saturated heterocycles. The lowest BCUT2D eigenvalue weighted by atomic mass is 9.49. The van der Waals surface area contributed by atoms with E-state index in [-0.39, 0.29) is 11.3 Å². The molecule has 166 valence electrons. The number of likely N-dealkylation sites (N-methyl/N-ethyl adjacent to an activating group) is 1. The summed E-state index contributed by atoms with van der Waals surface area (Å²) in [5.41, 5.74) is 1.01. The molecule has 4 heteroatoms. The molecule has 2 amide bonds. The minimum Gasteiger partial charge on any atom is -0.345 e. The molecule has 0 heterocycles. The highest BCUT2D eigenvalue weighted by molar-refractivity contribution is 5.93. The van der Waals surface area contributed by atoms with Crippen LogP contribution in [-0.4, -0.2) is 48.8 Å². The Balaban J connectivity index is 1.12. The number of carbonyl (C=O) groups excluding carboxylic acids is 2. The van der Waals surface area contributed by atoms with Gasteiger partial charge in [0.05, 0.1) is 5.41 Å². The molecular formula is C26H40N2O2. The summed E-state index contributed by atoms with van der Waals surface area (Å²) in [6, 6.07) is 0. The molecule has 0 aliphatic heterocycles. The van der Waals surface area contributed by atoms with Gasteiger partial charge in [0.25, 0.3) is 0 Å². The van der Waals surface area contributed by atoms with Crippen LogP contribution < -0.4 is 0 Å². The van der Waals surface area contributed by atoms with Gasteiger partial charge in [-0.1, -0.05) is 18.9 Å². The van der Waals surface area contributed by atoms with Crippen LogP contribution in [0.2, 0.25) is 0 Å². The summed E-state index contributed by atoms with van der Waals surface area (Å²) in [5.74, 6) is 4.40. The Kier molecular flexibility index (Phi) is 5.48. The molecule has 0 aromatic heterocycles. The van der Waals surface area contributed by atoms with Gasteiger partial charge in [-0.3, -0.25) is 9.59 Å². The first kappa shape index (κ1) is 20.6. The summed E-state index contributed by atoms with van der Waals surface area (Å²) >= 11 is 0. The van der Waals surface area contributed by atoms with E-state index in [1.807, 2.05) is 23.9 Å². The average molecular weight is 413 g/mol. The van der Waals surface area contributed by atoms with E-state index in [0.29, 0.717) is 11.8 Å². The Morgan fingerprint density at radius 1 is 0.900 bits per heavy atom. The molecular weight excluding hydrogens is 372 g/mol. The van der Waals surface area contributed by atoms with E-state index in [4.69, 9.17) is 0 Å². The highest BCUT2D eigenvalue weighted by atomic mass is 16.2. The summed E-state index contributed by atoms with van der Waals surface area (Å²) in [4.78, 5) is 30.2. The maximum absolute atomic E-state index is 13.4. The number of nitrogens with zero attached hydrogens (tertiary/aromatic N) is 2. The first-order valence-electron chi connectivity index (χ1n) is 12.6. The van der Waals surface area contributed by atoms with E-state index < -0.39 is 0 Å². The van der Waals surface area contributed by atoms with Crippen LogP contribution in [0.25, 0.3) is 0 Å². The molecule has 0 aromatic rings. The van der Waals surface area contributed by atoms with Crippen LogP contribution in [0.1, 0.15) is 77.0 Å². The van der Waals surface area contributed by atoms with E-state index >= 15 is 0 Å². The number of allylic oxidation sites excluding steroid dienone is 1. The third-order valence-electron chi connectivity index (χ3n) is 9.22. The van der Waals surface area contributed by atoms with Gasteiger partial charge >= 0.3 is 0 Å². The highest BCUT2D eigenvalue weighted by Gasteiger charge is 2.55. The van der Waals surface area contributed by atoms with Gasteiger partial charge in [-0.25, -0.2) is 0 Å². The van der Waals surface area contributed by atoms with Crippen LogP contribution in [0.15, 0.2) is 11.6 Å². The Bertz CT molecular complexity index is 691. The molecule has 0 aromatic carbocycles. The number of amides is 2. The first-order valence-corrected chi connectivity index (χ1v) is 12.6. The highest BCUT2D eigenvalue weighted by Crippen LogP contribution is 2.60. The van der Waals surface area contributed by atoms with Crippen molar-refractivity contribution < 1.29 is 9.59 Å². The summed E-state index contributed by atoms with van der Waals surface area (Å²) < 4.78 is 0. The quantitative estimate of drug-likeness (QED) is 0.637. The summed E-state index contributed by atoms with van der Waals surface area (Å²) in [5, 5.41) is 0. The number of hydrogen-bond donors (Lipinski definition) is 0. The van der Waals surface area contributed by atoms with Gasteiger partial charge in [-0.2, -0.15) is 0 Å². The molecule has 6 rings (SSSR count). The molecule has 2 atom stereocenters. The normalized spacial score (nSPS) is 38.9. The van der Waals surface area contributed by atoms with Crippen LogP contribution in [0.5, 0.6) is 0 Å². The van der Waals surface area contributed by atoms with Crippen molar-refractivity contribution in [3.8, 4) is 0 Å². The maximum atomic E-state index is 13.4.